The maximum atomic E-state index is 4.63. The predicted octanol–water partition coefficient (Wildman–Crippen LogP) is 7.20. The standard InChI is InChI=1S/C23H44S/c1-14-11-15(2)22(19(6)17(14)4)10-8-9-21-12-16(3)23(13-24)20(7)18(21)5/h14-24H,8-13H2,1-7H3. The molecule has 2 rings (SSSR count). The first kappa shape index (κ1) is 20.7. The van der Waals surface area contributed by atoms with Crippen LogP contribution in [-0.2, 0) is 0 Å². The van der Waals surface area contributed by atoms with Crippen molar-refractivity contribution in [3.63, 3.8) is 0 Å². The van der Waals surface area contributed by atoms with Crippen LogP contribution in [0.5, 0.6) is 0 Å². The van der Waals surface area contributed by atoms with Gasteiger partial charge in [-0.3, -0.25) is 0 Å². The van der Waals surface area contributed by atoms with Gasteiger partial charge < -0.3 is 0 Å². The summed E-state index contributed by atoms with van der Waals surface area (Å²) in [7, 11) is 0. The van der Waals surface area contributed by atoms with Crippen LogP contribution in [0.2, 0.25) is 0 Å². The minimum atomic E-state index is 0.834. The van der Waals surface area contributed by atoms with Crippen molar-refractivity contribution in [2.75, 3.05) is 5.75 Å². The Morgan fingerprint density at radius 1 is 0.625 bits per heavy atom. The number of hydrogen-bond acceptors (Lipinski definition) is 1. The maximum Gasteiger partial charge on any atom is -0.00643 e. The van der Waals surface area contributed by atoms with Crippen LogP contribution in [0.25, 0.3) is 0 Å². The molecule has 0 amide bonds. The first-order valence-electron chi connectivity index (χ1n) is 10.9. The Kier molecular flexibility index (Phi) is 7.60. The molecule has 10 atom stereocenters. The SMILES string of the molecule is CC1CC(C)C(CCCC2CC(C)C(CS)C(C)C2C)C(C)C1C. The van der Waals surface area contributed by atoms with E-state index in [1.807, 2.05) is 0 Å². The minimum Gasteiger partial charge on any atom is -0.179 e. The summed E-state index contributed by atoms with van der Waals surface area (Å²) in [4.78, 5) is 0. The molecule has 0 aromatic rings. The zero-order valence-corrected chi connectivity index (χ0v) is 18.4. The van der Waals surface area contributed by atoms with Gasteiger partial charge in [0.05, 0.1) is 0 Å². The van der Waals surface area contributed by atoms with Gasteiger partial charge in [0.1, 0.15) is 0 Å². The summed E-state index contributed by atoms with van der Waals surface area (Å²) in [5.41, 5.74) is 0. The summed E-state index contributed by atoms with van der Waals surface area (Å²) < 4.78 is 0. The van der Waals surface area contributed by atoms with Crippen molar-refractivity contribution in [2.45, 2.75) is 80.6 Å². The molecule has 0 aromatic carbocycles. The smallest absolute Gasteiger partial charge is 0.00643 e. The summed E-state index contributed by atoms with van der Waals surface area (Å²) in [6.45, 7) is 17.5. The van der Waals surface area contributed by atoms with Crippen molar-refractivity contribution in [1.82, 2.24) is 0 Å². The predicted molar refractivity (Wildman–Crippen MR) is 112 cm³/mol. The van der Waals surface area contributed by atoms with Crippen LogP contribution in [0, 0.1) is 59.2 Å². The zero-order chi connectivity index (χ0) is 18.0. The molecule has 0 aliphatic heterocycles. The Labute approximate surface area is 158 Å². The molecule has 0 N–H and O–H groups in total. The van der Waals surface area contributed by atoms with E-state index in [-0.39, 0.29) is 0 Å². The summed E-state index contributed by atoms with van der Waals surface area (Å²) in [6, 6.07) is 0. The molecule has 0 spiro atoms. The van der Waals surface area contributed by atoms with Gasteiger partial charge in [-0.1, -0.05) is 61.3 Å². The van der Waals surface area contributed by atoms with Crippen LogP contribution in [0.3, 0.4) is 0 Å². The molecule has 1 heteroatoms. The average molecular weight is 353 g/mol. The fourth-order valence-electron chi connectivity index (χ4n) is 6.50. The highest BCUT2D eigenvalue weighted by molar-refractivity contribution is 7.80. The van der Waals surface area contributed by atoms with Crippen molar-refractivity contribution < 1.29 is 0 Å². The van der Waals surface area contributed by atoms with Crippen LogP contribution in [0.1, 0.15) is 80.6 Å². The molecule has 24 heavy (non-hydrogen) atoms. The number of hydrogen-bond donors (Lipinski definition) is 1. The first-order chi connectivity index (χ1) is 11.3. The molecule has 142 valence electrons. The third-order valence-electron chi connectivity index (χ3n) is 8.85. The Bertz CT molecular complexity index is 378. The maximum absolute atomic E-state index is 4.63. The topological polar surface area (TPSA) is 0 Å². The monoisotopic (exact) mass is 352 g/mol. The number of rotatable bonds is 5. The molecule has 0 heterocycles. The van der Waals surface area contributed by atoms with E-state index in [0.717, 1.165) is 64.9 Å². The van der Waals surface area contributed by atoms with E-state index in [1.54, 1.807) is 0 Å². The van der Waals surface area contributed by atoms with E-state index >= 15 is 0 Å². The summed E-state index contributed by atoms with van der Waals surface area (Å²) in [5, 5.41) is 0. The zero-order valence-electron chi connectivity index (χ0n) is 17.5. The fourth-order valence-corrected chi connectivity index (χ4v) is 7.19. The van der Waals surface area contributed by atoms with E-state index in [4.69, 9.17) is 0 Å². The van der Waals surface area contributed by atoms with Crippen LogP contribution >= 0.6 is 12.6 Å². The van der Waals surface area contributed by atoms with E-state index in [1.165, 1.54) is 32.1 Å². The Morgan fingerprint density at radius 3 is 1.83 bits per heavy atom. The molecule has 0 aromatic heterocycles. The Balaban J connectivity index is 1.85. The highest BCUT2D eigenvalue weighted by atomic mass is 32.1. The normalized spacial score (nSPS) is 50.0. The van der Waals surface area contributed by atoms with Gasteiger partial charge in [0.2, 0.25) is 0 Å². The van der Waals surface area contributed by atoms with Gasteiger partial charge >= 0.3 is 0 Å². The van der Waals surface area contributed by atoms with Crippen molar-refractivity contribution in [3.05, 3.63) is 0 Å². The van der Waals surface area contributed by atoms with Gasteiger partial charge in [0, 0.05) is 0 Å². The van der Waals surface area contributed by atoms with E-state index < -0.39 is 0 Å². The largest absolute Gasteiger partial charge is 0.179 e. The van der Waals surface area contributed by atoms with Crippen LogP contribution in [0.15, 0.2) is 0 Å². The van der Waals surface area contributed by atoms with Crippen molar-refractivity contribution in [2.24, 2.45) is 59.2 Å². The molecule has 0 radical (unpaired) electrons. The van der Waals surface area contributed by atoms with Crippen LogP contribution < -0.4 is 0 Å². The Hall–Kier alpha value is 0.350. The summed E-state index contributed by atoms with van der Waals surface area (Å²) in [6.07, 6.45) is 7.30. The van der Waals surface area contributed by atoms with Gasteiger partial charge in [-0.2, -0.15) is 12.6 Å². The molecule has 10 unspecified atom stereocenters. The molecule has 0 bridgehead atoms. The summed E-state index contributed by atoms with van der Waals surface area (Å²) in [5.74, 6) is 10.1. The fraction of sp³-hybridized carbons (Fsp3) is 1.00. The quantitative estimate of drug-likeness (QED) is 0.497. The third kappa shape index (κ3) is 4.36. The van der Waals surface area contributed by atoms with E-state index in [2.05, 4.69) is 61.1 Å². The van der Waals surface area contributed by atoms with Gasteiger partial charge in [-0.15, -0.1) is 0 Å². The van der Waals surface area contributed by atoms with E-state index in [9.17, 15) is 0 Å². The second-order valence-electron chi connectivity index (χ2n) is 10.0. The lowest BCUT2D eigenvalue weighted by Crippen LogP contribution is -2.38. The lowest BCUT2D eigenvalue weighted by molar-refractivity contribution is 0.0528. The molecule has 2 aliphatic rings. The molecule has 2 fully saturated rings. The second-order valence-corrected chi connectivity index (χ2v) is 10.4. The number of thiol groups is 1. The van der Waals surface area contributed by atoms with Crippen molar-refractivity contribution in [3.8, 4) is 0 Å². The highest BCUT2D eigenvalue weighted by Gasteiger charge is 2.38. The molecular weight excluding hydrogens is 308 g/mol. The van der Waals surface area contributed by atoms with Gasteiger partial charge in [0.25, 0.3) is 0 Å². The Morgan fingerprint density at radius 2 is 1.21 bits per heavy atom. The lowest BCUT2D eigenvalue weighted by atomic mass is 9.61. The van der Waals surface area contributed by atoms with Crippen LogP contribution in [0.4, 0.5) is 0 Å². The van der Waals surface area contributed by atoms with Gasteiger partial charge in [-0.05, 0) is 84.2 Å². The van der Waals surface area contributed by atoms with Crippen molar-refractivity contribution >= 4 is 12.6 Å². The third-order valence-corrected chi connectivity index (χ3v) is 9.28. The molecule has 0 nitrogen and oxygen atoms in total. The average Bonchev–Trinajstić information content (AvgIpc) is 2.53. The molecule has 2 saturated carbocycles. The molecule has 2 aliphatic carbocycles. The van der Waals surface area contributed by atoms with Gasteiger partial charge in [0.15, 0.2) is 0 Å². The lowest BCUT2D eigenvalue weighted by Gasteiger charge is -2.45. The van der Waals surface area contributed by atoms with Crippen molar-refractivity contribution in [1.29, 1.82) is 0 Å². The highest BCUT2D eigenvalue weighted by Crippen LogP contribution is 2.46. The molecule has 0 saturated heterocycles. The molecular formula is C23H44S. The van der Waals surface area contributed by atoms with Gasteiger partial charge in [-0.25, -0.2) is 0 Å². The second kappa shape index (κ2) is 8.83. The first-order valence-corrected chi connectivity index (χ1v) is 11.5. The van der Waals surface area contributed by atoms with E-state index in [0.29, 0.717) is 0 Å². The summed E-state index contributed by atoms with van der Waals surface area (Å²) >= 11 is 4.63. The minimum absolute atomic E-state index is 0.834. The van der Waals surface area contributed by atoms with Crippen LogP contribution in [-0.4, -0.2) is 5.75 Å².